The maximum absolute atomic E-state index is 9.28. The predicted octanol–water partition coefficient (Wildman–Crippen LogP) is 3.65. The van der Waals surface area contributed by atoms with Gasteiger partial charge in [0.15, 0.2) is 5.75 Å². The Balaban J connectivity index is 1.84. The molecule has 0 fully saturated rings. The van der Waals surface area contributed by atoms with Crippen LogP contribution in [0, 0.1) is 0 Å². The molecule has 0 saturated heterocycles. The molecule has 3 rings (SSSR count). The van der Waals surface area contributed by atoms with Crippen LogP contribution in [0.15, 0.2) is 68.9 Å². The lowest BCUT2D eigenvalue weighted by Gasteiger charge is -2.29. The lowest BCUT2D eigenvalue weighted by atomic mass is 10.1. The van der Waals surface area contributed by atoms with E-state index in [4.69, 9.17) is 9.47 Å². The second kappa shape index (κ2) is 13.6. The van der Waals surface area contributed by atoms with Crippen LogP contribution in [0.3, 0.4) is 0 Å². The van der Waals surface area contributed by atoms with E-state index in [1.165, 1.54) is 0 Å². The number of rotatable bonds is 13. The number of hydrogen-bond donors (Lipinski definition) is 2. The molecule has 0 amide bonds. The van der Waals surface area contributed by atoms with Crippen molar-refractivity contribution in [2.75, 3.05) is 39.5 Å². The van der Waals surface area contributed by atoms with E-state index in [0.29, 0.717) is 61.5 Å². The van der Waals surface area contributed by atoms with Crippen LogP contribution in [0.5, 0.6) is 11.5 Å². The molecule has 1 unspecified atom stereocenters. The first-order chi connectivity index (χ1) is 17.5. The summed E-state index contributed by atoms with van der Waals surface area (Å²) in [4.78, 5) is 2.03. The van der Waals surface area contributed by atoms with Crippen molar-refractivity contribution < 1.29 is 24.3 Å². The van der Waals surface area contributed by atoms with Crippen LogP contribution in [0.4, 0.5) is 17.3 Å². The van der Waals surface area contributed by atoms with Crippen molar-refractivity contribution in [3.8, 4) is 11.5 Å². The fraction of sp³-hybridized carbons (Fsp3) is 0.480. The number of aliphatic hydroxyl groups is 2. The Morgan fingerprint density at radius 2 is 1.61 bits per heavy atom. The van der Waals surface area contributed by atoms with Crippen LogP contribution in [0.25, 0.3) is 0 Å². The highest BCUT2D eigenvalue weighted by Gasteiger charge is 2.18. The first kappa shape index (κ1) is 27.2. The first-order valence-electron chi connectivity index (χ1n) is 12.1. The number of azo groups is 2. The Morgan fingerprint density at radius 3 is 2.08 bits per heavy atom. The lowest BCUT2D eigenvalue weighted by molar-refractivity contribution is -0.657. The van der Waals surface area contributed by atoms with Gasteiger partial charge in [-0.1, -0.05) is 17.3 Å². The largest absolute Gasteiger partial charge is 0.491 e. The van der Waals surface area contributed by atoms with E-state index in [1.54, 1.807) is 12.1 Å². The predicted molar refractivity (Wildman–Crippen MR) is 135 cm³/mol. The summed E-state index contributed by atoms with van der Waals surface area (Å²) in [6.45, 7) is 5.81. The molecule has 2 N–H and O–H groups in total. The van der Waals surface area contributed by atoms with Gasteiger partial charge in [-0.05, 0) is 26.3 Å². The molecule has 1 atom stereocenters. The highest BCUT2D eigenvalue weighted by Crippen LogP contribution is 2.41. The number of allylic oxidation sites excluding steroid dienone is 1. The zero-order valence-corrected chi connectivity index (χ0v) is 21.4. The van der Waals surface area contributed by atoms with E-state index in [2.05, 4.69) is 20.5 Å². The summed E-state index contributed by atoms with van der Waals surface area (Å²) in [6.07, 6.45) is 10.4. The number of nitrogens with zero attached hydrogens (tertiary/aromatic N) is 7. The summed E-state index contributed by atoms with van der Waals surface area (Å²) >= 11 is 0. The fourth-order valence-electron chi connectivity index (χ4n) is 3.81. The Morgan fingerprint density at radius 1 is 1.00 bits per heavy atom. The Bertz CT molecular complexity index is 1100. The van der Waals surface area contributed by atoms with Crippen molar-refractivity contribution in [1.82, 2.24) is 9.47 Å². The Kier molecular flexibility index (Phi) is 10.3. The van der Waals surface area contributed by atoms with Gasteiger partial charge in [0.2, 0.25) is 0 Å². The third kappa shape index (κ3) is 7.06. The average Bonchev–Trinajstić information content (AvgIpc) is 3.20. The van der Waals surface area contributed by atoms with Gasteiger partial charge < -0.3 is 19.7 Å². The third-order valence-electron chi connectivity index (χ3n) is 5.61. The van der Waals surface area contributed by atoms with E-state index < -0.39 is 0 Å². The molecule has 11 nitrogen and oxygen atoms in total. The SMILES string of the molecule is CCOc1cc(N=Nc2n(C)cc[n+]2C)c(OCC)cc1N=NC1=CCC(N(CCO)CCO)C=C1. The molecule has 1 aromatic heterocycles. The van der Waals surface area contributed by atoms with Gasteiger partial charge in [0, 0.05) is 36.4 Å². The number of aliphatic hydroxyl groups excluding tert-OH is 2. The molecule has 0 aliphatic heterocycles. The van der Waals surface area contributed by atoms with E-state index in [9.17, 15) is 10.2 Å². The molecule has 1 aliphatic rings. The molecule has 2 aromatic rings. The number of imidazole rings is 1. The number of ether oxygens (including phenoxy) is 2. The van der Waals surface area contributed by atoms with E-state index in [0.717, 1.165) is 5.70 Å². The highest BCUT2D eigenvalue weighted by molar-refractivity contribution is 5.66. The van der Waals surface area contributed by atoms with Crippen molar-refractivity contribution in [2.24, 2.45) is 34.6 Å². The van der Waals surface area contributed by atoms with E-state index in [1.807, 2.05) is 72.6 Å². The molecule has 1 aromatic carbocycles. The molecule has 11 heteroatoms. The summed E-state index contributed by atoms with van der Waals surface area (Å²) in [5.74, 6) is 1.75. The minimum Gasteiger partial charge on any atom is -0.491 e. The summed E-state index contributed by atoms with van der Waals surface area (Å²) in [7, 11) is 3.81. The topological polar surface area (TPSA) is 120 Å². The van der Waals surface area contributed by atoms with E-state index >= 15 is 0 Å². The maximum Gasteiger partial charge on any atom is 0.421 e. The van der Waals surface area contributed by atoms with Crippen LogP contribution < -0.4 is 14.0 Å². The van der Waals surface area contributed by atoms with Crippen molar-refractivity contribution in [1.29, 1.82) is 0 Å². The second-order valence-electron chi connectivity index (χ2n) is 8.15. The van der Waals surface area contributed by atoms with Crippen LogP contribution in [0.2, 0.25) is 0 Å². The van der Waals surface area contributed by atoms with Crippen molar-refractivity contribution in [3.05, 3.63) is 48.5 Å². The highest BCUT2D eigenvalue weighted by atomic mass is 16.5. The average molecular weight is 499 g/mol. The Labute approximate surface area is 211 Å². The molecule has 1 heterocycles. The summed E-state index contributed by atoms with van der Waals surface area (Å²) in [5, 5.41) is 36.2. The fourth-order valence-corrected chi connectivity index (χ4v) is 3.81. The maximum atomic E-state index is 9.28. The second-order valence-corrected chi connectivity index (χ2v) is 8.15. The summed E-state index contributed by atoms with van der Waals surface area (Å²) in [6, 6.07) is 3.62. The normalized spacial score (nSPS) is 15.9. The van der Waals surface area contributed by atoms with Crippen LogP contribution in [-0.4, -0.2) is 65.2 Å². The van der Waals surface area contributed by atoms with Crippen molar-refractivity contribution in [2.45, 2.75) is 26.3 Å². The van der Waals surface area contributed by atoms with Gasteiger partial charge in [-0.15, -0.1) is 5.11 Å². The minimum absolute atomic E-state index is 0.0438. The molecule has 194 valence electrons. The van der Waals surface area contributed by atoms with Gasteiger partial charge in [-0.3, -0.25) is 4.90 Å². The number of aromatic nitrogens is 2. The molecule has 0 spiro atoms. The van der Waals surface area contributed by atoms with Crippen LogP contribution in [-0.2, 0) is 14.1 Å². The molecule has 0 bridgehead atoms. The van der Waals surface area contributed by atoms with E-state index in [-0.39, 0.29) is 19.3 Å². The molecule has 0 radical (unpaired) electrons. The van der Waals surface area contributed by atoms with Gasteiger partial charge in [0.25, 0.3) is 0 Å². The number of hydrogen-bond acceptors (Lipinski definition) is 9. The van der Waals surface area contributed by atoms with Crippen LogP contribution in [0.1, 0.15) is 20.3 Å². The first-order valence-corrected chi connectivity index (χ1v) is 12.1. The van der Waals surface area contributed by atoms with Gasteiger partial charge in [-0.2, -0.15) is 5.11 Å². The smallest absolute Gasteiger partial charge is 0.421 e. The monoisotopic (exact) mass is 498 g/mol. The zero-order chi connectivity index (χ0) is 25.9. The number of benzene rings is 1. The van der Waals surface area contributed by atoms with Gasteiger partial charge in [0.05, 0.1) is 58.6 Å². The molecular weight excluding hydrogens is 462 g/mol. The van der Waals surface area contributed by atoms with Crippen molar-refractivity contribution >= 4 is 17.3 Å². The van der Waals surface area contributed by atoms with Gasteiger partial charge in [0.1, 0.15) is 17.1 Å². The third-order valence-corrected chi connectivity index (χ3v) is 5.61. The lowest BCUT2D eigenvalue weighted by Crippen LogP contribution is -2.38. The zero-order valence-electron chi connectivity index (χ0n) is 21.4. The summed E-state index contributed by atoms with van der Waals surface area (Å²) in [5.41, 5.74) is 1.79. The minimum atomic E-state index is 0.0438. The number of aryl methyl sites for hydroxylation is 2. The molecule has 1 aliphatic carbocycles. The Hall–Kier alpha value is -3.41. The molecule has 0 saturated carbocycles. The molecular formula is C25H36N7O4+. The van der Waals surface area contributed by atoms with Crippen molar-refractivity contribution in [3.63, 3.8) is 0 Å². The molecule has 36 heavy (non-hydrogen) atoms. The quantitative estimate of drug-likeness (QED) is 0.323. The summed E-state index contributed by atoms with van der Waals surface area (Å²) < 4.78 is 15.4. The van der Waals surface area contributed by atoms with Gasteiger partial charge >= 0.3 is 5.95 Å². The van der Waals surface area contributed by atoms with Gasteiger partial charge in [-0.25, -0.2) is 9.13 Å². The van der Waals surface area contributed by atoms with Crippen LogP contribution >= 0.6 is 0 Å². The standard InChI is InChI=1S/C25H36N7O4/c1-5-35-23-18-22(28-29-25-30(3)11-12-31(25)4)24(36-6-2)17-21(23)27-26-19-7-9-20(10-8-19)32(13-15-33)14-16-34/h7-9,11-12,17-18,20,33-34H,5-6,10,13-16H2,1-4H3/q+1.